The van der Waals surface area contributed by atoms with Crippen LogP contribution in [0.1, 0.15) is 102 Å². The normalized spacial score (nSPS) is 17.4. The predicted octanol–water partition coefficient (Wildman–Crippen LogP) is 7.46. The summed E-state index contributed by atoms with van der Waals surface area (Å²) in [6.07, 6.45) is 2.07. The molecule has 3 rings (SSSR count). The second-order valence-electron chi connectivity index (χ2n) is 16.0. The number of halogens is 8. The van der Waals surface area contributed by atoms with E-state index in [0.29, 0.717) is 0 Å². The van der Waals surface area contributed by atoms with Gasteiger partial charge in [-0.25, -0.2) is 30.7 Å². The Kier molecular flexibility index (Phi) is 18.7. The fourth-order valence-electron chi connectivity index (χ4n) is 7.87. The highest BCUT2D eigenvalue weighted by Gasteiger charge is 2.49. The second-order valence-corrected chi connectivity index (χ2v) is 20.7. The van der Waals surface area contributed by atoms with Crippen LogP contribution in [-0.2, 0) is 46.0 Å². The second kappa shape index (κ2) is 22.0. The van der Waals surface area contributed by atoms with E-state index in [4.69, 9.17) is 9.66 Å². The first-order chi connectivity index (χ1) is 29.5. The number of carboxylic acids is 1. The predicted molar refractivity (Wildman–Crippen MR) is 220 cm³/mol. The zero-order valence-corrected chi connectivity index (χ0v) is 37.3. The molecule has 360 valence electrons. The van der Waals surface area contributed by atoms with Crippen LogP contribution in [0.4, 0.5) is 46.5 Å². The summed E-state index contributed by atoms with van der Waals surface area (Å²) in [6.45, 7) is 6.03. The molecule has 2 unspecified atom stereocenters. The lowest BCUT2D eigenvalue weighted by Crippen LogP contribution is -2.79. The van der Waals surface area contributed by atoms with Gasteiger partial charge in [0, 0.05) is 35.1 Å². The number of carbonyl (C=O) groups is 1. The van der Waals surface area contributed by atoms with E-state index in [1.807, 2.05) is 0 Å². The van der Waals surface area contributed by atoms with Gasteiger partial charge in [0.15, 0.2) is 40.6 Å². The van der Waals surface area contributed by atoms with Crippen molar-refractivity contribution in [3.8, 4) is 0 Å². The number of hydrogen-bond acceptors (Lipinski definition) is 8. The van der Waals surface area contributed by atoms with Crippen LogP contribution in [0.25, 0.3) is 0 Å². The van der Waals surface area contributed by atoms with Crippen molar-refractivity contribution in [1.82, 2.24) is 0 Å². The third-order valence-corrected chi connectivity index (χ3v) is 13.6. The van der Waals surface area contributed by atoms with Gasteiger partial charge in [0.05, 0.1) is 35.1 Å². The molecule has 1 aliphatic rings. The lowest BCUT2D eigenvalue weighted by molar-refractivity contribution is -0.574. The Morgan fingerprint density at radius 2 is 1.22 bits per heavy atom. The van der Waals surface area contributed by atoms with E-state index in [1.165, 1.54) is 26.0 Å². The van der Waals surface area contributed by atoms with E-state index in [2.05, 4.69) is 6.58 Å². The van der Waals surface area contributed by atoms with Crippen LogP contribution in [0.15, 0.2) is 36.1 Å². The van der Waals surface area contributed by atoms with Crippen molar-refractivity contribution in [1.29, 1.82) is 0 Å². The summed E-state index contributed by atoms with van der Waals surface area (Å²) < 4.78 is 219. The zero-order chi connectivity index (χ0) is 48.6. The minimum Gasteiger partial charge on any atom is -0.481 e. The summed E-state index contributed by atoms with van der Waals surface area (Å²) in [5, 5.41) is 10.0. The number of carboxylic acid groups (broad SMARTS) is 1. The monoisotopic (exact) mass is 983 g/mol. The largest absolute Gasteiger partial charge is 0.481 e. The number of nitrogens with two attached hydrogens (primary N) is 1. The van der Waals surface area contributed by atoms with Gasteiger partial charge in [0.1, 0.15) is 0 Å². The molecule has 0 amide bonds. The Bertz CT molecular complexity index is 2490. The van der Waals surface area contributed by atoms with E-state index in [1.54, 1.807) is 0 Å². The molecule has 1 aliphatic heterocycles. The van der Waals surface area contributed by atoms with E-state index in [9.17, 15) is 52.3 Å². The Balaban J connectivity index is 2.26. The Hall–Kier alpha value is -3.94. The fraction of sp³-hybridized carbons (Fsp3) is 0.525. The maximum absolute atomic E-state index is 16.1. The Morgan fingerprint density at radius 3 is 1.78 bits per heavy atom. The van der Waals surface area contributed by atoms with Crippen LogP contribution >= 0.6 is 0 Å². The molecule has 2 atom stereocenters. The number of quaternary nitrogens is 1. The van der Waals surface area contributed by atoms with Crippen LogP contribution in [-0.4, -0.2) is 80.3 Å². The third-order valence-electron chi connectivity index (χ3n) is 11.2. The Labute approximate surface area is 366 Å². The van der Waals surface area contributed by atoms with Crippen molar-refractivity contribution < 1.29 is 89.3 Å². The molecule has 1 heterocycles. The molecular weight excluding hydrogens is 933 g/mol. The molecule has 0 radical (unpaired) electrons. The highest BCUT2D eigenvalue weighted by atomic mass is 32.2. The lowest BCUT2D eigenvalue weighted by Gasteiger charge is -2.33. The highest BCUT2D eigenvalue weighted by Crippen LogP contribution is 2.54. The first-order valence-corrected chi connectivity index (χ1v) is 24.8. The molecule has 0 spiro atoms. The van der Waals surface area contributed by atoms with Gasteiger partial charge >= 0.3 is 5.97 Å². The first kappa shape index (κ1) is 54.4. The SMILES string of the molecule is C=C(C=CC=C1N(CCCCCC(=O)O)c2c(F)c(F)c(F)c(F)c2C1(C)CCCCS(=O)(=O)O)C(C)(CCCCS(=O)(=O)O)c1c(F)c(F)c(F)c(F)c1[NH2+]CCCCS(=O)(=O)O. The first-order valence-electron chi connectivity index (χ1n) is 20.0. The van der Waals surface area contributed by atoms with Gasteiger partial charge in [-0.1, -0.05) is 44.9 Å². The van der Waals surface area contributed by atoms with Gasteiger partial charge in [0.25, 0.3) is 30.4 Å². The van der Waals surface area contributed by atoms with E-state index in [0.717, 1.165) is 16.3 Å². The number of hydrogen-bond donors (Lipinski definition) is 5. The lowest BCUT2D eigenvalue weighted by atomic mass is 9.71. The van der Waals surface area contributed by atoms with Crippen molar-refractivity contribution >= 4 is 47.7 Å². The number of allylic oxidation sites excluding steroid dienone is 5. The summed E-state index contributed by atoms with van der Waals surface area (Å²) in [6, 6.07) is 0. The number of anilines is 1. The number of rotatable bonds is 26. The number of nitrogens with zero attached hydrogens (tertiary/aromatic N) is 1. The summed E-state index contributed by atoms with van der Waals surface area (Å²) in [5.41, 5.74) is -6.97. The van der Waals surface area contributed by atoms with Crippen LogP contribution in [0.2, 0.25) is 0 Å². The summed E-state index contributed by atoms with van der Waals surface area (Å²) in [4.78, 5) is 12.2. The highest BCUT2D eigenvalue weighted by molar-refractivity contribution is 7.86. The van der Waals surface area contributed by atoms with Gasteiger partial charge in [-0.3, -0.25) is 18.5 Å². The molecule has 24 heteroatoms. The molecular formula is C40H51F8N2O11S3+. The molecule has 13 nitrogen and oxygen atoms in total. The van der Waals surface area contributed by atoms with Crippen LogP contribution in [0.3, 0.4) is 0 Å². The van der Waals surface area contributed by atoms with Gasteiger partial charge in [-0.2, -0.15) is 29.6 Å². The topological polar surface area (TPSA) is 220 Å². The molecule has 2 aromatic carbocycles. The Morgan fingerprint density at radius 1 is 0.703 bits per heavy atom. The van der Waals surface area contributed by atoms with Gasteiger partial charge in [-0.15, -0.1) is 0 Å². The third kappa shape index (κ3) is 13.8. The molecule has 2 aromatic rings. The standard InChI is InChI=1S/C40H50F8N2O11S3/c1-24(39(2,17-6-10-21-62(53,54)55)27-29(41)31(43)33(45)35(47)37(27)49-19-8-12-23-64(59,60)61)14-13-15-25-40(3,18-7-11-22-63(56,57)58)28-30(42)32(44)34(46)36(48)38(28)50(25)20-9-4-5-16-26(51)52/h13-15,49H,1,4-12,16-23H2,2-3H3,(H,51,52)(H,53,54,55)(H,56,57,58)(H,59,60,61)/p+1. The molecule has 0 bridgehead atoms. The van der Waals surface area contributed by atoms with Crippen molar-refractivity contribution in [2.24, 2.45) is 0 Å². The van der Waals surface area contributed by atoms with Crippen LogP contribution < -0.4 is 10.2 Å². The van der Waals surface area contributed by atoms with Gasteiger partial charge < -0.3 is 15.3 Å². The van der Waals surface area contributed by atoms with Gasteiger partial charge in [0.2, 0.25) is 11.6 Å². The van der Waals surface area contributed by atoms with Crippen molar-refractivity contribution in [3.63, 3.8) is 0 Å². The average Bonchev–Trinajstić information content (AvgIpc) is 3.42. The number of aliphatic carboxylic acids is 1. The summed E-state index contributed by atoms with van der Waals surface area (Å²) >= 11 is 0. The molecule has 0 aliphatic carbocycles. The summed E-state index contributed by atoms with van der Waals surface area (Å²) in [7, 11) is -13.4. The van der Waals surface area contributed by atoms with E-state index in [-0.39, 0.29) is 101 Å². The maximum Gasteiger partial charge on any atom is 0.303 e. The number of fused-ring (bicyclic) bond motifs is 1. The fourth-order valence-corrected chi connectivity index (χ4v) is 9.58. The number of benzene rings is 2. The number of unbranched alkanes of at least 4 members (excludes halogenated alkanes) is 5. The van der Waals surface area contributed by atoms with Crippen molar-refractivity contribution in [2.45, 2.75) is 102 Å². The summed E-state index contributed by atoms with van der Waals surface area (Å²) in [5.74, 6) is -19.3. The van der Waals surface area contributed by atoms with E-state index >= 15 is 22.0 Å². The quantitative estimate of drug-likeness (QED) is 0.0118. The minimum atomic E-state index is -4.52. The van der Waals surface area contributed by atoms with Crippen molar-refractivity contribution in [2.75, 3.05) is 35.2 Å². The van der Waals surface area contributed by atoms with Gasteiger partial charge in [-0.05, 0) is 69.9 Å². The van der Waals surface area contributed by atoms with Crippen LogP contribution in [0, 0.1) is 46.5 Å². The molecule has 0 saturated heterocycles. The van der Waals surface area contributed by atoms with E-state index < -0.39 is 133 Å². The van der Waals surface area contributed by atoms with Crippen molar-refractivity contribution in [3.05, 3.63) is 93.7 Å². The molecule has 6 N–H and O–H groups in total. The average molecular weight is 984 g/mol. The molecule has 64 heavy (non-hydrogen) atoms. The maximum atomic E-state index is 16.1. The molecule has 0 saturated carbocycles. The smallest absolute Gasteiger partial charge is 0.303 e. The zero-order valence-electron chi connectivity index (χ0n) is 34.9. The molecule has 0 fully saturated rings. The minimum absolute atomic E-state index is 0.0433. The van der Waals surface area contributed by atoms with Crippen LogP contribution in [0.5, 0.6) is 0 Å². The molecule has 0 aromatic heterocycles.